The van der Waals surface area contributed by atoms with E-state index >= 15 is 0 Å². The van der Waals surface area contributed by atoms with Gasteiger partial charge in [-0.15, -0.1) is 11.3 Å². The fourth-order valence-corrected chi connectivity index (χ4v) is 3.23. The van der Waals surface area contributed by atoms with Gasteiger partial charge in [-0.05, 0) is 24.3 Å². The number of para-hydroxylation sites is 3. The van der Waals surface area contributed by atoms with Crippen molar-refractivity contribution in [2.75, 3.05) is 0 Å². The number of nitrogens with zero attached hydrogens (tertiary/aromatic N) is 2. The summed E-state index contributed by atoms with van der Waals surface area (Å²) < 4.78 is 6.97. The third kappa shape index (κ3) is 2.08. The van der Waals surface area contributed by atoms with Crippen LogP contribution in [-0.4, -0.2) is 9.97 Å². The molecule has 20 heavy (non-hydrogen) atoms. The highest BCUT2D eigenvalue weighted by Crippen LogP contribution is 2.23. The lowest BCUT2D eigenvalue weighted by atomic mass is 10.3. The Kier molecular flexibility index (Phi) is 2.74. The minimum Gasteiger partial charge on any atom is -0.441 e. The Balaban J connectivity index is 1.57. The lowest BCUT2D eigenvalue weighted by Crippen LogP contribution is -1.90. The van der Waals surface area contributed by atoms with Crippen LogP contribution in [-0.2, 0) is 12.8 Å². The van der Waals surface area contributed by atoms with Gasteiger partial charge in [0.05, 0.1) is 15.2 Å². The van der Waals surface area contributed by atoms with Crippen LogP contribution < -0.4 is 0 Å². The third-order valence-electron chi connectivity index (χ3n) is 3.23. The number of hydrogen-bond acceptors (Lipinski definition) is 4. The maximum absolute atomic E-state index is 5.73. The molecule has 4 heteroatoms. The molecule has 0 bridgehead atoms. The van der Waals surface area contributed by atoms with Crippen LogP contribution in [0, 0.1) is 0 Å². The molecular formula is C16H12N2OS. The van der Waals surface area contributed by atoms with Crippen LogP contribution >= 0.6 is 11.3 Å². The first kappa shape index (κ1) is 11.6. The lowest BCUT2D eigenvalue weighted by molar-refractivity contribution is 0.528. The maximum Gasteiger partial charge on any atom is 0.195 e. The number of fused-ring (bicyclic) bond motifs is 2. The van der Waals surface area contributed by atoms with Crippen LogP contribution in [0.4, 0.5) is 0 Å². The van der Waals surface area contributed by atoms with Crippen LogP contribution in [0.25, 0.3) is 21.3 Å². The summed E-state index contributed by atoms with van der Waals surface area (Å²) in [5.41, 5.74) is 2.85. The molecule has 0 N–H and O–H groups in total. The molecule has 0 amide bonds. The quantitative estimate of drug-likeness (QED) is 0.564. The normalized spacial score (nSPS) is 11.4. The van der Waals surface area contributed by atoms with Crippen molar-refractivity contribution >= 4 is 32.7 Å². The molecule has 0 fully saturated rings. The Morgan fingerprint density at radius 1 is 0.850 bits per heavy atom. The fraction of sp³-hybridized carbons (Fsp3) is 0.125. The third-order valence-corrected chi connectivity index (χ3v) is 4.33. The smallest absolute Gasteiger partial charge is 0.195 e. The number of aromatic nitrogens is 2. The highest BCUT2D eigenvalue weighted by Gasteiger charge is 2.08. The van der Waals surface area contributed by atoms with Gasteiger partial charge >= 0.3 is 0 Å². The predicted octanol–water partition coefficient (Wildman–Crippen LogP) is 4.22. The van der Waals surface area contributed by atoms with Crippen molar-refractivity contribution in [3.63, 3.8) is 0 Å². The molecule has 0 aliphatic heterocycles. The van der Waals surface area contributed by atoms with Crippen molar-refractivity contribution in [3.8, 4) is 0 Å². The van der Waals surface area contributed by atoms with E-state index in [9.17, 15) is 0 Å². The topological polar surface area (TPSA) is 38.9 Å². The van der Waals surface area contributed by atoms with Crippen LogP contribution in [0.5, 0.6) is 0 Å². The molecule has 0 radical (unpaired) electrons. The Morgan fingerprint density at radius 2 is 1.65 bits per heavy atom. The number of rotatable bonds is 3. The molecule has 0 atom stereocenters. The lowest BCUT2D eigenvalue weighted by Gasteiger charge is -1.91. The first-order valence-electron chi connectivity index (χ1n) is 6.57. The van der Waals surface area contributed by atoms with Gasteiger partial charge in [-0.2, -0.15) is 0 Å². The summed E-state index contributed by atoms with van der Waals surface area (Å²) in [5.74, 6) is 0.783. The summed E-state index contributed by atoms with van der Waals surface area (Å²) >= 11 is 1.74. The highest BCUT2D eigenvalue weighted by molar-refractivity contribution is 7.18. The van der Waals surface area contributed by atoms with Gasteiger partial charge in [-0.1, -0.05) is 24.3 Å². The minimum absolute atomic E-state index is 0.783. The summed E-state index contributed by atoms with van der Waals surface area (Å²) in [6.07, 6.45) is 1.65. The van der Waals surface area contributed by atoms with Crippen molar-refractivity contribution in [3.05, 3.63) is 59.4 Å². The van der Waals surface area contributed by atoms with Gasteiger partial charge in [0.15, 0.2) is 11.5 Å². The summed E-state index contributed by atoms with van der Waals surface area (Å²) in [5, 5.41) is 1.13. The zero-order valence-corrected chi connectivity index (χ0v) is 11.6. The Hall–Kier alpha value is -2.20. The van der Waals surface area contributed by atoms with Crippen molar-refractivity contribution in [1.29, 1.82) is 0 Å². The summed E-state index contributed by atoms with van der Waals surface area (Å²) in [4.78, 5) is 9.12. The Labute approximate surface area is 119 Å². The molecular weight excluding hydrogens is 268 g/mol. The van der Waals surface area contributed by atoms with Gasteiger partial charge < -0.3 is 4.42 Å². The predicted molar refractivity (Wildman–Crippen MR) is 81.0 cm³/mol. The molecule has 0 saturated carbocycles. The van der Waals surface area contributed by atoms with Crippen molar-refractivity contribution in [2.24, 2.45) is 0 Å². The number of benzene rings is 2. The molecule has 0 saturated heterocycles. The van der Waals surface area contributed by atoms with Crippen molar-refractivity contribution in [2.45, 2.75) is 12.8 Å². The number of oxazole rings is 1. The zero-order valence-electron chi connectivity index (χ0n) is 10.7. The molecule has 2 aromatic heterocycles. The van der Waals surface area contributed by atoms with E-state index < -0.39 is 0 Å². The second-order valence-electron chi connectivity index (χ2n) is 4.65. The van der Waals surface area contributed by atoms with Crippen LogP contribution in [0.2, 0.25) is 0 Å². The van der Waals surface area contributed by atoms with E-state index in [0.29, 0.717) is 0 Å². The van der Waals surface area contributed by atoms with Gasteiger partial charge in [-0.3, -0.25) is 0 Å². The van der Waals surface area contributed by atoms with E-state index in [-0.39, 0.29) is 0 Å². The van der Waals surface area contributed by atoms with E-state index in [2.05, 4.69) is 22.1 Å². The molecule has 4 aromatic rings. The number of aryl methyl sites for hydroxylation is 2. The van der Waals surface area contributed by atoms with Crippen LogP contribution in [0.1, 0.15) is 10.9 Å². The van der Waals surface area contributed by atoms with Gasteiger partial charge in [0.1, 0.15) is 5.52 Å². The first-order valence-corrected chi connectivity index (χ1v) is 7.39. The number of hydrogen-bond donors (Lipinski definition) is 0. The molecule has 2 heterocycles. The summed E-state index contributed by atoms with van der Waals surface area (Å²) in [6, 6.07) is 16.1. The monoisotopic (exact) mass is 280 g/mol. The van der Waals surface area contributed by atoms with E-state index in [1.807, 2.05) is 36.4 Å². The second-order valence-corrected chi connectivity index (χ2v) is 5.77. The molecule has 3 nitrogen and oxygen atoms in total. The zero-order chi connectivity index (χ0) is 13.4. The van der Waals surface area contributed by atoms with E-state index in [4.69, 9.17) is 4.42 Å². The van der Waals surface area contributed by atoms with Gasteiger partial charge in [0.25, 0.3) is 0 Å². The minimum atomic E-state index is 0.783. The Morgan fingerprint density at radius 3 is 2.50 bits per heavy atom. The number of thiazole rings is 1. The fourth-order valence-electron chi connectivity index (χ4n) is 2.27. The van der Waals surface area contributed by atoms with Crippen LogP contribution in [0.3, 0.4) is 0 Å². The van der Waals surface area contributed by atoms with Gasteiger partial charge in [-0.25, -0.2) is 9.97 Å². The average Bonchev–Trinajstić information content (AvgIpc) is 3.07. The largest absolute Gasteiger partial charge is 0.441 e. The molecule has 0 unspecified atom stereocenters. The van der Waals surface area contributed by atoms with Crippen molar-refractivity contribution < 1.29 is 4.42 Å². The first-order chi connectivity index (χ1) is 9.88. The molecule has 0 aliphatic carbocycles. The molecule has 0 aliphatic rings. The highest BCUT2D eigenvalue weighted by atomic mass is 32.1. The summed E-state index contributed by atoms with van der Waals surface area (Å²) in [6.45, 7) is 0. The second kappa shape index (κ2) is 4.72. The van der Waals surface area contributed by atoms with Gasteiger partial charge in [0, 0.05) is 12.8 Å². The van der Waals surface area contributed by atoms with Crippen LogP contribution in [0.15, 0.2) is 52.9 Å². The molecule has 98 valence electrons. The molecule has 4 rings (SSSR count). The Bertz CT molecular complexity index is 738. The van der Waals surface area contributed by atoms with Crippen molar-refractivity contribution in [1.82, 2.24) is 9.97 Å². The molecule has 0 spiro atoms. The molecule has 2 aromatic carbocycles. The van der Waals surface area contributed by atoms with Gasteiger partial charge in [0.2, 0.25) is 0 Å². The SMILES string of the molecule is c1ccc2oc(CCc3nc4ccccc4s3)nc2c1. The van der Waals surface area contributed by atoms with E-state index in [0.717, 1.165) is 40.4 Å². The average molecular weight is 280 g/mol. The summed E-state index contributed by atoms with van der Waals surface area (Å²) in [7, 11) is 0. The van der Waals surface area contributed by atoms with E-state index in [1.165, 1.54) is 4.70 Å². The standard InChI is InChI=1S/C16H12N2OS/c1-3-7-13-11(5-1)17-15(19-13)9-10-16-18-12-6-2-4-8-14(12)20-16/h1-8H,9-10H2. The van der Waals surface area contributed by atoms with E-state index in [1.54, 1.807) is 11.3 Å². The maximum atomic E-state index is 5.73.